The Hall–Kier alpha value is -3.25. The van der Waals surface area contributed by atoms with E-state index in [9.17, 15) is 5.11 Å². The third-order valence-corrected chi connectivity index (χ3v) is 5.30. The van der Waals surface area contributed by atoms with E-state index in [1.165, 1.54) is 5.57 Å². The van der Waals surface area contributed by atoms with Crippen LogP contribution in [0.15, 0.2) is 60.8 Å². The fraction of sp³-hybridized carbons (Fsp3) is 0.227. The summed E-state index contributed by atoms with van der Waals surface area (Å²) in [6, 6.07) is 14.2. The number of nitrogens with one attached hydrogen (secondary N) is 2. The van der Waals surface area contributed by atoms with Gasteiger partial charge in [0.05, 0.1) is 36.8 Å². The number of imidazole rings is 1. The van der Waals surface area contributed by atoms with Crippen LogP contribution in [0.25, 0.3) is 16.6 Å². The number of methoxy groups -OCH3 is 1. The van der Waals surface area contributed by atoms with Crippen LogP contribution >= 0.6 is 0 Å². The van der Waals surface area contributed by atoms with E-state index in [2.05, 4.69) is 50.7 Å². The lowest BCUT2D eigenvalue weighted by molar-refractivity contribution is 0.275. The molecule has 2 atom stereocenters. The van der Waals surface area contributed by atoms with Gasteiger partial charge in [0.25, 0.3) is 0 Å². The maximum Gasteiger partial charge on any atom is 0.201 e. The fourth-order valence-corrected chi connectivity index (χ4v) is 3.61. The van der Waals surface area contributed by atoms with E-state index < -0.39 is 0 Å². The van der Waals surface area contributed by atoms with Crippen LogP contribution in [0.1, 0.15) is 17.2 Å². The van der Waals surface area contributed by atoms with E-state index >= 15 is 0 Å². The SMILES string of the molecule is COc1cccc(C(CO)Nc2nc3ccc(C4=CN5CC5C=C4)cc3[nH]2)c1. The van der Waals surface area contributed by atoms with Gasteiger partial charge in [-0.1, -0.05) is 30.4 Å². The Kier molecular flexibility index (Phi) is 4.06. The van der Waals surface area contributed by atoms with Crippen molar-refractivity contribution in [3.63, 3.8) is 0 Å². The number of benzene rings is 2. The van der Waals surface area contributed by atoms with Crippen LogP contribution in [-0.2, 0) is 0 Å². The van der Waals surface area contributed by atoms with Crippen molar-refractivity contribution in [1.82, 2.24) is 14.9 Å². The second-order valence-corrected chi connectivity index (χ2v) is 7.18. The number of hydrogen-bond donors (Lipinski definition) is 3. The summed E-state index contributed by atoms with van der Waals surface area (Å²) < 4.78 is 5.28. The van der Waals surface area contributed by atoms with Gasteiger partial charge in [-0.15, -0.1) is 0 Å². The predicted octanol–water partition coefficient (Wildman–Crippen LogP) is 3.31. The van der Waals surface area contributed by atoms with Gasteiger partial charge in [-0.2, -0.15) is 0 Å². The molecule has 0 amide bonds. The predicted molar refractivity (Wildman–Crippen MR) is 110 cm³/mol. The third-order valence-electron chi connectivity index (χ3n) is 5.30. The molecule has 3 heterocycles. The molecule has 2 aliphatic rings. The lowest BCUT2D eigenvalue weighted by Gasteiger charge is -2.16. The van der Waals surface area contributed by atoms with E-state index in [-0.39, 0.29) is 12.6 Å². The highest BCUT2D eigenvalue weighted by Crippen LogP contribution is 2.31. The van der Waals surface area contributed by atoms with Gasteiger partial charge in [0.15, 0.2) is 0 Å². The van der Waals surface area contributed by atoms with Gasteiger partial charge >= 0.3 is 0 Å². The zero-order chi connectivity index (χ0) is 19.1. The molecule has 0 saturated carbocycles. The molecule has 5 rings (SSSR count). The molecule has 6 heteroatoms. The molecule has 1 aromatic heterocycles. The molecule has 2 unspecified atom stereocenters. The first-order valence-corrected chi connectivity index (χ1v) is 9.41. The Morgan fingerprint density at radius 1 is 1.32 bits per heavy atom. The number of aromatic nitrogens is 2. The summed E-state index contributed by atoms with van der Waals surface area (Å²) in [6.07, 6.45) is 6.65. The Balaban J connectivity index is 1.40. The first-order chi connectivity index (χ1) is 13.7. The van der Waals surface area contributed by atoms with Gasteiger partial charge in [0, 0.05) is 12.7 Å². The number of H-pyrrole nitrogens is 1. The standard InChI is InChI=1S/C22H22N4O2/c1-28-18-4-2-3-15(9-18)21(13-27)25-22-23-19-8-6-14(10-20(19)24-22)16-5-7-17-12-26(17)11-16/h2-11,17,21,27H,12-13H2,1H3,(H2,23,24,25). The van der Waals surface area contributed by atoms with Gasteiger partial charge in [-0.25, -0.2) is 4.98 Å². The molecule has 3 N–H and O–H groups in total. The van der Waals surface area contributed by atoms with Crippen LogP contribution < -0.4 is 10.1 Å². The van der Waals surface area contributed by atoms with Crippen molar-refractivity contribution >= 4 is 22.6 Å². The molecule has 1 fully saturated rings. The quantitative estimate of drug-likeness (QED) is 0.578. The average Bonchev–Trinajstić information content (AvgIpc) is 3.41. The number of aromatic amines is 1. The number of hydrogen-bond acceptors (Lipinski definition) is 5. The second kappa shape index (κ2) is 6.73. The van der Waals surface area contributed by atoms with E-state index in [0.717, 1.165) is 34.5 Å². The van der Waals surface area contributed by atoms with Crippen molar-refractivity contribution in [2.75, 3.05) is 25.6 Å². The number of aliphatic hydroxyl groups excluding tert-OH is 1. The van der Waals surface area contributed by atoms with E-state index in [0.29, 0.717) is 12.0 Å². The molecule has 3 aromatic rings. The van der Waals surface area contributed by atoms with Gasteiger partial charge < -0.3 is 25.0 Å². The minimum Gasteiger partial charge on any atom is -0.497 e. The zero-order valence-corrected chi connectivity index (χ0v) is 15.6. The Morgan fingerprint density at radius 3 is 3.07 bits per heavy atom. The van der Waals surface area contributed by atoms with Gasteiger partial charge in [-0.3, -0.25) is 0 Å². The maximum absolute atomic E-state index is 9.86. The van der Waals surface area contributed by atoms with E-state index in [1.807, 2.05) is 30.3 Å². The smallest absolute Gasteiger partial charge is 0.201 e. The highest BCUT2D eigenvalue weighted by Gasteiger charge is 2.31. The van der Waals surface area contributed by atoms with Crippen molar-refractivity contribution in [1.29, 1.82) is 0 Å². The molecule has 2 aromatic carbocycles. The molecule has 28 heavy (non-hydrogen) atoms. The molecule has 0 radical (unpaired) electrons. The highest BCUT2D eigenvalue weighted by molar-refractivity contribution is 5.85. The molecule has 0 aliphatic carbocycles. The van der Waals surface area contributed by atoms with Crippen LogP contribution in [0, 0.1) is 0 Å². The molecule has 6 nitrogen and oxygen atoms in total. The maximum atomic E-state index is 9.86. The number of fused-ring (bicyclic) bond motifs is 2. The van der Waals surface area contributed by atoms with Gasteiger partial charge in [0.1, 0.15) is 5.75 Å². The zero-order valence-electron chi connectivity index (χ0n) is 15.6. The molecule has 0 bridgehead atoms. The Bertz CT molecular complexity index is 1090. The second-order valence-electron chi connectivity index (χ2n) is 7.18. The largest absolute Gasteiger partial charge is 0.497 e. The number of ether oxygens (including phenoxy) is 1. The molecular weight excluding hydrogens is 352 g/mol. The molecule has 1 saturated heterocycles. The van der Waals surface area contributed by atoms with Crippen molar-refractivity contribution in [2.24, 2.45) is 0 Å². The first-order valence-electron chi connectivity index (χ1n) is 9.41. The average molecular weight is 374 g/mol. The van der Waals surface area contributed by atoms with Crippen LogP contribution in [0.4, 0.5) is 5.95 Å². The van der Waals surface area contributed by atoms with Crippen molar-refractivity contribution in [2.45, 2.75) is 12.1 Å². The fourth-order valence-electron chi connectivity index (χ4n) is 3.61. The summed E-state index contributed by atoms with van der Waals surface area (Å²) in [5.74, 6) is 1.39. The number of aliphatic hydroxyl groups is 1. The van der Waals surface area contributed by atoms with Gasteiger partial charge in [0.2, 0.25) is 5.95 Å². The molecular formula is C22H22N4O2. The summed E-state index contributed by atoms with van der Waals surface area (Å²) in [6.45, 7) is 1.07. The summed E-state index contributed by atoms with van der Waals surface area (Å²) in [5, 5.41) is 13.1. The van der Waals surface area contributed by atoms with Crippen LogP contribution in [0.3, 0.4) is 0 Å². The monoisotopic (exact) mass is 374 g/mol. The molecule has 142 valence electrons. The minimum atomic E-state index is -0.279. The lowest BCUT2D eigenvalue weighted by atomic mass is 10.0. The van der Waals surface area contributed by atoms with Crippen LogP contribution in [0.5, 0.6) is 5.75 Å². The summed E-state index contributed by atoms with van der Waals surface area (Å²) in [7, 11) is 1.63. The Morgan fingerprint density at radius 2 is 2.25 bits per heavy atom. The van der Waals surface area contributed by atoms with Crippen LogP contribution in [0.2, 0.25) is 0 Å². The van der Waals surface area contributed by atoms with E-state index in [1.54, 1.807) is 7.11 Å². The summed E-state index contributed by atoms with van der Waals surface area (Å²) in [4.78, 5) is 10.3. The summed E-state index contributed by atoms with van der Waals surface area (Å²) >= 11 is 0. The normalized spacial score (nSPS) is 18.6. The van der Waals surface area contributed by atoms with Crippen molar-refractivity contribution < 1.29 is 9.84 Å². The number of rotatable bonds is 6. The molecule has 0 spiro atoms. The Labute approximate surface area is 163 Å². The van der Waals surface area contributed by atoms with E-state index in [4.69, 9.17) is 4.74 Å². The summed E-state index contributed by atoms with van der Waals surface area (Å²) in [5.41, 5.74) is 5.16. The lowest BCUT2D eigenvalue weighted by Crippen LogP contribution is -2.15. The minimum absolute atomic E-state index is 0.0514. The number of allylic oxidation sites excluding steroid dienone is 2. The van der Waals surface area contributed by atoms with Crippen molar-refractivity contribution in [3.8, 4) is 5.75 Å². The third kappa shape index (κ3) is 3.12. The number of anilines is 1. The van der Waals surface area contributed by atoms with Gasteiger partial charge in [-0.05, 0) is 41.0 Å². The van der Waals surface area contributed by atoms with Crippen LogP contribution in [-0.4, -0.2) is 46.3 Å². The molecule has 2 aliphatic heterocycles. The highest BCUT2D eigenvalue weighted by atomic mass is 16.5. The van der Waals surface area contributed by atoms with Crippen molar-refractivity contribution in [3.05, 3.63) is 71.9 Å². The topological polar surface area (TPSA) is 73.2 Å². The first kappa shape index (κ1) is 16.9. The number of nitrogens with zero attached hydrogens (tertiary/aromatic N) is 2.